The Labute approximate surface area is 116 Å². The van der Waals surface area contributed by atoms with Crippen LogP contribution in [0.2, 0.25) is 0 Å². The van der Waals surface area contributed by atoms with E-state index >= 15 is 0 Å². The average Bonchev–Trinajstić information content (AvgIpc) is 2.95. The summed E-state index contributed by atoms with van der Waals surface area (Å²) in [5, 5.41) is 2.36. The number of hydrogen-bond donors (Lipinski definition) is 1. The molecule has 0 saturated carbocycles. The Hall–Kier alpha value is -1.06. The SMILES string of the molecule is CCN(CC)c1ccc(C[NH2+]C[C@@H]2CCCO2)cc1. The second kappa shape index (κ2) is 7.51. The molecule has 1 aliphatic heterocycles. The van der Waals surface area contributed by atoms with Crippen LogP contribution < -0.4 is 10.2 Å². The van der Waals surface area contributed by atoms with Gasteiger partial charge in [-0.15, -0.1) is 0 Å². The second-order valence-corrected chi connectivity index (χ2v) is 5.20. The molecular formula is C16H27N2O+. The molecule has 2 rings (SSSR count). The highest BCUT2D eigenvalue weighted by Gasteiger charge is 2.16. The van der Waals surface area contributed by atoms with Crippen LogP contribution in [0.4, 0.5) is 5.69 Å². The van der Waals surface area contributed by atoms with Crippen molar-refractivity contribution >= 4 is 5.69 Å². The fourth-order valence-electron chi connectivity index (χ4n) is 2.70. The fourth-order valence-corrected chi connectivity index (χ4v) is 2.70. The summed E-state index contributed by atoms with van der Waals surface area (Å²) in [6.07, 6.45) is 2.95. The van der Waals surface area contributed by atoms with Crippen LogP contribution in [0.5, 0.6) is 0 Å². The van der Waals surface area contributed by atoms with Crippen molar-refractivity contribution in [2.45, 2.75) is 39.3 Å². The predicted molar refractivity (Wildman–Crippen MR) is 79.5 cm³/mol. The zero-order valence-electron chi connectivity index (χ0n) is 12.3. The molecule has 0 amide bonds. The van der Waals surface area contributed by atoms with E-state index in [4.69, 9.17) is 4.74 Å². The third-order valence-electron chi connectivity index (χ3n) is 3.90. The van der Waals surface area contributed by atoms with Crippen molar-refractivity contribution in [3.8, 4) is 0 Å². The first-order valence-electron chi connectivity index (χ1n) is 7.60. The van der Waals surface area contributed by atoms with E-state index in [1.807, 2.05) is 0 Å². The Kier molecular flexibility index (Phi) is 5.67. The van der Waals surface area contributed by atoms with Gasteiger partial charge in [-0.3, -0.25) is 0 Å². The van der Waals surface area contributed by atoms with E-state index in [1.165, 1.54) is 24.1 Å². The van der Waals surface area contributed by atoms with Crippen molar-refractivity contribution in [2.75, 3.05) is 31.1 Å². The van der Waals surface area contributed by atoms with Gasteiger partial charge >= 0.3 is 0 Å². The van der Waals surface area contributed by atoms with Gasteiger partial charge in [0.05, 0.1) is 0 Å². The highest BCUT2D eigenvalue weighted by Crippen LogP contribution is 2.14. The topological polar surface area (TPSA) is 29.1 Å². The molecule has 0 unspecified atom stereocenters. The van der Waals surface area contributed by atoms with Gasteiger partial charge in [0.2, 0.25) is 0 Å². The summed E-state index contributed by atoms with van der Waals surface area (Å²) in [6, 6.07) is 8.98. The summed E-state index contributed by atoms with van der Waals surface area (Å²) in [7, 11) is 0. The summed E-state index contributed by atoms with van der Waals surface area (Å²) >= 11 is 0. The van der Waals surface area contributed by atoms with Crippen LogP contribution >= 0.6 is 0 Å². The first kappa shape index (κ1) is 14.4. The third-order valence-corrected chi connectivity index (χ3v) is 3.90. The third kappa shape index (κ3) is 4.22. The van der Waals surface area contributed by atoms with Gasteiger partial charge in [0.15, 0.2) is 0 Å². The molecule has 0 bridgehead atoms. The Morgan fingerprint density at radius 1 is 1.21 bits per heavy atom. The van der Waals surface area contributed by atoms with Crippen LogP contribution in [0.25, 0.3) is 0 Å². The minimum atomic E-state index is 0.481. The van der Waals surface area contributed by atoms with Gasteiger partial charge in [0.1, 0.15) is 19.2 Å². The van der Waals surface area contributed by atoms with Crippen LogP contribution in [-0.2, 0) is 11.3 Å². The van der Waals surface area contributed by atoms with E-state index in [-0.39, 0.29) is 0 Å². The molecule has 0 aromatic heterocycles. The summed E-state index contributed by atoms with van der Waals surface area (Å²) in [4.78, 5) is 2.37. The number of rotatable bonds is 7. The summed E-state index contributed by atoms with van der Waals surface area (Å²) in [6.45, 7) is 9.65. The van der Waals surface area contributed by atoms with E-state index in [0.717, 1.165) is 32.8 Å². The molecule has 1 aromatic carbocycles. The molecule has 1 aliphatic rings. The summed E-state index contributed by atoms with van der Waals surface area (Å²) in [5.74, 6) is 0. The van der Waals surface area contributed by atoms with E-state index in [0.29, 0.717) is 6.10 Å². The predicted octanol–water partition coefficient (Wildman–Crippen LogP) is 1.78. The van der Waals surface area contributed by atoms with E-state index in [9.17, 15) is 0 Å². The maximum absolute atomic E-state index is 5.63. The molecule has 0 spiro atoms. The van der Waals surface area contributed by atoms with Gasteiger partial charge in [0, 0.05) is 30.9 Å². The van der Waals surface area contributed by atoms with E-state index in [1.54, 1.807) is 0 Å². The molecule has 2 N–H and O–H groups in total. The largest absolute Gasteiger partial charge is 0.372 e. The number of nitrogens with two attached hydrogens (primary N) is 1. The van der Waals surface area contributed by atoms with Crippen LogP contribution in [0.3, 0.4) is 0 Å². The minimum absolute atomic E-state index is 0.481. The Morgan fingerprint density at radius 3 is 2.53 bits per heavy atom. The lowest BCUT2D eigenvalue weighted by Gasteiger charge is -2.21. The van der Waals surface area contributed by atoms with Crippen molar-refractivity contribution in [3.05, 3.63) is 29.8 Å². The maximum atomic E-state index is 5.63. The number of anilines is 1. The minimum Gasteiger partial charge on any atom is -0.372 e. The lowest BCUT2D eigenvalue weighted by Crippen LogP contribution is -2.84. The molecule has 106 valence electrons. The molecule has 1 heterocycles. The first-order chi connectivity index (χ1) is 9.33. The summed E-state index contributed by atoms with van der Waals surface area (Å²) in [5.41, 5.74) is 2.72. The molecular weight excluding hydrogens is 236 g/mol. The van der Waals surface area contributed by atoms with Crippen molar-refractivity contribution in [1.82, 2.24) is 0 Å². The quantitative estimate of drug-likeness (QED) is 0.812. The molecule has 19 heavy (non-hydrogen) atoms. The van der Waals surface area contributed by atoms with Gasteiger partial charge in [-0.1, -0.05) is 12.1 Å². The highest BCUT2D eigenvalue weighted by molar-refractivity contribution is 5.47. The average molecular weight is 263 g/mol. The second-order valence-electron chi connectivity index (χ2n) is 5.20. The number of quaternary nitrogens is 1. The van der Waals surface area contributed by atoms with Gasteiger partial charge in [-0.2, -0.15) is 0 Å². The zero-order valence-corrected chi connectivity index (χ0v) is 12.3. The van der Waals surface area contributed by atoms with Gasteiger partial charge in [-0.25, -0.2) is 0 Å². The van der Waals surface area contributed by atoms with Gasteiger partial charge in [-0.05, 0) is 38.8 Å². The van der Waals surface area contributed by atoms with Crippen molar-refractivity contribution < 1.29 is 10.1 Å². The van der Waals surface area contributed by atoms with Crippen molar-refractivity contribution in [3.63, 3.8) is 0 Å². The van der Waals surface area contributed by atoms with E-state index < -0.39 is 0 Å². The maximum Gasteiger partial charge on any atom is 0.106 e. The lowest BCUT2D eigenvalue weighted by molar-refractivity contribution is -0.676. The van der Waals surface area contributed by atoms with Crippen LogP contribution in [-0.4, -0.2) is 32.3 Å². The molecule has 3 heteroatoms. The normalized spacial score (nSPS) is 18.7. The molecule has 1 fully saturated rings. The van der Waals surface area contributed by atoms with Gasteiger partial charge in [0.25, 0.3) is 0 Å². The summed E-state index contributed by atoms with van der Waals surface area (Å²) < 4.78 is 5.63. The van der Waals surface area contributed by atoms with Crippen LogP contribution in [0.15, 0.2) is 24.3 Å². The van der Waals surface area contributed by atoms with Crippen LogP contribution in [0.1, 0.15) is 32.3 Å². The molecule has 1 atom stereocenters. The molecule has 1 aromatic rings. The standard InChI is InChI=1S/C16H26N2O/c1-3-18(4-2)15-9-7-14(8-10-15)12-17-13-16-6-5-11-19-16/h7-10,16-17H,3-6,11-13H2,1-2H3/p+1/t16-/m0/s1. The number of benzene rings is 1. The smallest absolute Gasteiger partial charge is 0.106 e. The molecule has 0 aliphatic carbocycles. The number of nitrogens with zero attached hydrogens (tertiary/aromatic N) is 1. The molecule has 3 nitrogen and oxygen atoms in total. The Morgan fingerprint density at radius 2 is 1.95 bits per heavy atom. The first-order valence-corrected chi connectivity index (χ1v) is 7.60. The monoisotopic (exact) mass is 263 g/mol. The molecule has 1 saturated heterocycles. The van der Waals surface area contributed by atoms with E-state index in [2.05, 4.69) is 48.3 Å². The Bertz CT molecular complexity index is 354. The van der Waals surface area contributed by atoms with Crippen LogP contribution in [0, 0.1) is 0 Å². The number of ether oxygens (including phenoxy) is 1. The fraction of sp³-hybridized carbons (Fsp3) is 0.625. The molecule has 0 radical (unpaired) electrons. The number of hydrogen-bond acceptors (Lipinski definition) is 2. The van der Waals surface area contributed by atoms with Crippen molar-refractivity contribution in [2.24, 2.45) is 0 Å². The van der Waals surface area contributed by atoms with Gasteiger partial charge < -0.3 is 15.0 Å². The Balaban J connectivity index is 1.77. The van der Waals surface area contributed by atoms with Crippen molar-refractivity contribution in [1.29, 1.82) is 0 Å². The lowest BCUT2D eigenvalue weighted by atomic mass is 10.2. The zero-order chi connectivity index (χ0) is 13.5. The highest BCUT2D eigenvalue weighted by atomic mass is 16.5.